The highest BCUT2D eigenvalue weighted by Gasteiger charge is 2.13. The first kappa shape index (κ1) is 16.8. The molecule has 0 saturated carbocycles. The van der Waals surface area contributed by atoms with E-state index in [0.717, 1.165) is 52.2 Å². The molecule has 0 aromatic rings. The van der Waals surface area contributed by atoms with Crippen LogP contribution in [0.4, 0.5) is 0 Å². The lowest BCUT2D eigenvalue weighted by Crippen LogP contribution is -2.39. The molecule has 0 rings (SSSR count). The molecule has 0 atom stereocenters. The summed E-state index contributed by atoms with van der Waals surface area (Å²) in [5, 5.41) is 9.05. The second-order valence-corrected chi connectivity index (χ2v) is 4.19. The van der Waals surface area contributed by atoms with Crippen LogP contribution in [-0.4, -0.2) is 62.7 Å². The quantitative estimate of drug-likeness (QED) is 0.531. The van der Waals surface area contributed by atoms with Gasteiger partial charge in [0.1, 0.15) is 0 Å². The summed E-state index contributed by atoms with van der Waals surface area (Å²) in [4.78, 5) is 2.32. The summed E-state index contributed by atoms with van der Waals surface area (Å²) in [5.41, 5.74) is 0. The van der Waals surface area contributed by atoms with Crippen LogP contribution in [0.15, 0.2) is 0 Å². The summed E-state index contributed by atoms with van der Waals surface area (Å²) >= 11 is 0. The standard InChI is InChI=1S/C13H29NO3/c1-4-13(5-2)14(7-9-15)8-12-17-11-6-10-16-3/h13,15H,4-12H2,1-3H3. The molecule has 0 saturated heterocycles. The Morgan fingerprint density at radius 1 is 1.06 bits per heavy atom. The van der Waals surface area contributed by atoms with Crippen molar-refractivity contribution in [2.45, 2.75) is 39.2 Å². The van der Waals surface area contributed by atoms with Gasteiger partial charge in [-0.1, -0.05) is 13.8 Å². The molecule has 4 heteroatoms. The van der Waals surface area contributed by atoms with E-state index in [1.54, 1.807) is 7.11 Å². The van der Waals surface area contributed by atoms with E-state index in [1.165, 1.54) is 0 Å². The molecule has 0 bridgehead atoms. The van der Waals surface area contributed by atoms with Crippen LogP contribution in [0.25, 0.3) is 0 Å². The predicted molar refractivity (Wildman–Crippen MR) is 70.3 cm³/mol. The predicted octanol–water partition coefficient (Wildman–Crippen LogP) is 1.52. The normalized spacial score (nSPS) is 11.6. The van der Waals surface area contributed by atoms with Crippen molar-refractivity contribution in [3.05, 3.63) is 0 Å². The molecule has 0 heterocycles. The molecule has 0 amide bonds. The number of rotatable bonds is 12. The number of aliphatic hydroxyl groups excluding tert-OH is 1. The van der Waals surface area contributed by atoms with E-state index in [2.05, 4.69) is 18.7 Å². The van der Waals surface area contributed by atoms with Crippen molar-refractivity contribution in [2.24, 2.45) is 0 Å². The Labute approximate surface area is 106 Å². The molecule has 0 aliphatic heterocycles. The monoisotopic (exact) mass is 247 g/mol. The zero-order chi connectivity index (χ0) is 12.9. The SMILES string of the molecule is CCC(CC)N(CCO)CCOCCCOC. The summed E-state index contributed by atoms with van der Waals surface area (Å²) in [6.45, 7) is 8.50. The van der Waals surface area contributed by atoms with Crippen LogP contribution < -0.4 is 0 Å². The number of nitrogens with zero attached hydrogens (tertiary/aromatic N) is 1. The molecule has 0 radical (unpaired) electrons. The Morgan fingerprint density at radius 2 is 1.76 bits per heavy atom. The fraction of sp³-hybridized carbons (Fsp3) is 1.00. The molecular formula is C13H29NO3. The van der Waals surface area contributed by atoms with Crippen LogP contribution in [0.2, 0.25) is 0 Å². The van der Waals surface area contributed by atoms with E-state index in [1.807, 2.05) is 0 Å². The van der Waals surface area contributed by atoms with E-state index in [-0.39, 0.29) is 6.61 Å². The highest BCUT2D eigenvalue weighted by atomic mass is 16.5. The lowest BCUT2D eigenvalue weighted by molar-refractivity contribution is 0.0630. The van der Waals surface area contributed by atoms with Crippen molar-refractivity contribution in [2.75, 3.05) is 46.6 Å². The lowest BCUT2D eigenvalue weighted by atomic mass is 10.1. The molecule has 0 fully saturated rings. The van der Waals surface area contributed by atoms with E-state index < -0.39 is 0 Å². The summed E-state index contributed by atoms with van der Waals surface area (Å²) in [6, 6.07) is 0.560. The molecule has 0 spiro atoms. The molecule has 0 aromatic heterocycles. The van der Waals surface area contributed by atoms with Crippen LogP contribution in [0.5, 0.6) is 0 Å². The van der Waals surface area contributed by atoms with Gasteiger partial charge in [-0.2, -0.15) is 0 Å². The molecule has 0 unspecified atom stereocenters. The fourth-order valence-corrected chi connectivity index (χ4v) is 2.00. The molecule has 0 aliphatic carbocycles. The van der Waals surface area contributed by atoms with E-state index >= 15 is 0 Å². The summed E-state index contributed by atoms with van der Waals surface area (Å²) in [5.74, 6) is 0. The lowest BCUT2D eigenvalue weighted by Gasteiger charge is -2.29. The molecule has 0 aliphatic rings. The minimum absolute atomic E-state index is 0.222. The molecule has 0 aromatic carbocycles. The highest BCUT2D eigenvalue weighted by molar-refractivity contribution is 4.68. The van der Waals surface area contributed by atoms with Crippen molar-refractivity contribution in [1.82, 2.24) is 4.90 Å². The van der Waals surface area contributed by atoms with Gasteiger partial charge in [0.15, 0.2) is 0 Å². The van der Waals surface area contributed by atoms with Gasteiger partial charge in [-0.05, 0) is 19.3 Å². The van der Waals surface area contributed by atoms with Crippen LogP contribution in [0.1, 0.15) is 33.1 Å². The Balaban J connectivity index is 3.69. The van der Waals surface area contributed by atoms with E-state index in [0.29, 0.717) is 6.04 Å². The largest absolute Gasteiger partial charge is 0.395 e. The van der Waals surface area contributed by atoms with Gasteiger partial charge in [-0.3, -0.25) is 4.90 Å². The van der Waals surface area contributed by atoms with Crippen LogP contribution >= 0.6 is 0 Å². The maximum atomic E-state index is 9.05. The van der Waals surface area contributed by atoms with Gasteiger partial charge in [0.25, 0.3) is 0 Å². The van der Waals surface area contributed by atoms with Crippen molar-refractivity contribution >= 4 is 0 Å². The third kappa shape index (κ3) is 8.55. The van der Waals surface area contributed by atoms with Gasteiger partial charge in [0, 0.05) is 39.5 Å². The zero-order valence-corrected chi connectivity index (χ0v) is 11.7. The molecule has 1 N–H and O–H groups in total. The summed E-state index contributed by atoms with van der Waals surface area (Å²) < 4.78 is 10.5. The topological polar surface area (TPSA) is 41.9 Å². The number of ether oxygens (including phenoxy) is 2. The van der Waals surface area contributed by atoms with Gasteiger partial charge in [0.2, 0.25) is 0 Å². The first-order valence-corrected chi connectivity index (χ1v) is 6.71. The van der Waals surface area contributed by atoms with E-state index in [4.69, 9.17) is 14.6 Å². The first-order chi connectivity index (χ1) is 8.29. The summed E-state index contributed by atoms with van der Waals surface area (Å²) in [6.07, 6.45) is 3.20. The minimum atomic E-state index is 0.222. The van der Waals surface area contributed by atoms with Crippen molar-refractivity contribution in [3.8, 4) is 0 Å². The van der Waals surface area contributed by atoms with Crippen molar-refractivity contribution < 1.29 is 14.6 Å². The molecule has 104 valence electrons. The second-order valence-electron chi connectivity index (χ2n) is 4.19. The maximum Gasteiger partial charge on any atom is 0.0593 e. The Bertz CT molecular complexity index is 152. The van der Waals surface area contributed by atoms with Crippen LogP contribution in [0.3, 0.4) is 0 Å². The Morgan fingerprint density at radius 3 is 2.29 bits per heavy atom. The molecular weight excluding hydrogens is 218 g/mol. The third-order valence-corrected chi connectivity index (χ3v) is 3.01. The van der Waals surface area contributed by atoms with Crippen molar-refractivity contribution in [1.29, 1.82) is 0 Å². The van der Waals surface area contributed by atoms with Crippen LogP contribution in [0, 0.1) is 0 Å². The molecule has 17 heavy (non-hydrogen) atoms. The van der Waals surface area contributed by atoms with Crippen molar-refractivity contribution in [3.63, 3.8) is 0 Å². The van der Waals surface area contributed by atoms with Crippen LogP contribution in [-0.2, 0) is 9.47 Å². The number of hydrogen-bond donors (Lipinski definition) is 1. The average Bonchev–Trinajstić information content (AvgIpc) is 2.35. The zero-order valence-electron chi connectivity index (χ0n) is 11.7. The average molecular weight is 247 g/mol. The van der Waals surface area contributed by atoms with E-state index in [9.17, 15) is 0 Å². The molecule has 4 nitrogen and oxygen atoms in total. The highest BCUT2D eigenvalue weighted by Crippen LogP contribution is 2.07. The number of aliphatic hydroxyl groups is 1. The Hall–Kier alpha value is -0.160. The van der Waals surface area contributed by atoms with Gasteiger partial charge >= 0.3 is 0 Å². The first-order valence-electron chi connectivity index (χ1n) is 6.71. The van der Waals surface area contributed by atoms with Gasteiger partial charge in [0.05, 0.1) is 13.2 Å². The van der Waals surface area contributed by atoms with Gasteiger partial charge < -0.3 is 14.6 Å². The number of methoxy groups -OCH3 is 1. The van der Waals surface area contributed by atoms with Gasteiger partial charge in [-0.15, -0.1) is 0 Å². The van der Waals surface area contributed by atoms with Gasteiger partial charge in [-0.25, -0.2) is 0 Å². The Kier molecular flexibility index (Phi) is 12.2. The number of hydrogen-bond acceptors (Lipinski definition) is 4. The minimum Gasteiger partial charge on any atom is -0.395 e. The third-order valence-electron chi connectivity index (χ3n) is 3.01. The summed E-state index contributed by atoms with van der Waals surface area (Å²) in [7, 11) is 1.70. The fourth-order valence-electron chi connectivity index (χ4n) is 2.00. The smallest absolute Gasteiger partial charge is 0.0593 e. The maximum absolute atomic E-state index is 9.05. The second kappa shape index (κ2) is 12.3.